The van der Waals surface area contributed by atoms with E-state index in [-0.39, 0.29) is 13.1 Å². The molecule has 2 fully saturated rings. The molecule has 36 heavy (non-hydrogen) atoms. The van der Waals surface area contributed by atoms with Crippen molar-refractivity contribution < 1.29 is 22.7 Å². The number of alkyl halides is 3. The molecule has 12 heteroatoms. The van der Waals surface area contributed by atoms with Crippen molar-refractivity contribution in [2.45, 2.75) is 37.7 Å². The molecule has 188 valence electrons. The SMILES string of the molecule is CC(CF)(OC(=O)N1CCN(c2ncnc3c2c(C2CC2)cn3-c2cc(C#N)ccn2)CC1)C(F)F. The summed E-state index contributed by atoms with van der Waals surface area (Å²) >= 11 is 0. The summed E-state index contributed by atoms with van der Waals surface area (Å²) in [6.45, 7) is 0.610. The summed E-state index contributed by atoms with van der Waals surface area (Å²) in [7, 11) is 0. The Balaban J connectivity index is 1.41. The predicted molar refractivity (Wildman–Crippen MR) is 124 cm³/mol. The lowest BCUT2D eigenvalue weighted by Gasteiger charge is -2.37. The second kappa shape index (κ2) is 9.29. The molecule has 3 aromatic rings. The highest BCUT2D eigenvalue weighted by molar-refractivity contribution is 5.93. The van der Waals surface area contributed by atoms with E-state index >= 15 is 0 Å². The van der Waals surface area contributed by atoms with Crippen LogP contribution in [0.15, 0.2) is 30.9 Å². The van der Waals surface area contributed by atoms with E-state index in [9.17, 15) is 23.2 Å². The van der Waals surface area contributed by atoms with Crippen molar-refractivity contribution in [2.75, 3.05) is 37.8 Å². The van der Waals surface area contributed by atoms with Gasteiger partial charge in [-0.05, 0) is 43.4 Å². The number of hydrogen-bond acceptors (Lipinski definition) is 7. The molecule has 1 unspecified atom stereocenters. The van der Waals surface area contributed by atoms with E-state index in [4.69, 9.17) is 4.74 Å². The van der Waals surface area contributed by atoms with Crippen molar-refractivity contribution in [3.8, 4) is 11.9 Å². The van der Waals surface area contributed by atoms with Gasteiger partial charge >= 0.3 is 6.09 Å². The minimum absolute atomic E-state index is 0.209. The van der Waals surface area contributed by atoms with Crippen molar-refractivity contribution >= 4 is 22.9 Å². The third-order valence-corrected chi connectivity index (χ3v) is 6.62. The van der Waals surface area contributed by atoms with Crippen LogP contribution in [0.5, 0.6) is 0 Å². The van der Waals surface area contributed by atoms with E-state index in [0.717, 1.165) is 30.7 Å². The summed E-state index contributed by atoms with van der Waals surface area (Å²) in [5.41, 5.74) is -0.210. The van der Waals surface area contributed by atoms with E-state index in [1.807, 2.05) is 15.7 Å². The lowest BCUT2D eigenvalue weighted by molar-refractivity contribution is -0.108. The molecule has 1 aliphatic heterocycles. The Bertz CT molecular complexity index is 1330. The van der Waals surface area contributed by atoms with E-state index in [0.29, 0.717) is 41.9 Å². The predicted octanol–water partition coefficient (Wildman–Crippen LogP) is 3.82. The molecule has 1 saturated carbocycles. The number of nitrogens with zero attached hydrogens (tertiary/aromatic N) is 7. The van der Waals surface area contributed by atoms with Gasteiger partial charge in [-0.2, -0.15) is 5.26 Å². The summed E-state index contributed by atoms with van der Waals surface area (Å²) in [6.07, 6.45) is 3.06. The lowest BCUT2D eigenvalue weighted by Crippen LogP contribution is -2.52. The maximum absolute atomic E-state index is 13.1. The molecule has 1 saturated heterocycles. The lowest BCUT2D eigenvalue weighted by atomic mass is 10.1. The number of hydrogen-bond donors (Lipinski definition) is 0. The first-order valence-electron chi connectivity index (χ1n) is 11.6. The van der Waals surface area contributed by atoms with Gasteiger partial charge in [0.2, 0.25) is 0 Å². The van der Waals surface area contributed by atoms with Gasteiger partial charge in [0.25, 0.3) is 6.43 Å². The maximum Gasteiger partial charge on any atom is 0.410 e. The zero-order valence-electron chi connectivity index (χ0n) is 19.6. The number of rotatable bonds is 6. The molecule has 1 aliphatic carbocycles. The zero-order valence-corrected chi connectivity index (χ0v) is 19.6. The van der Waals surface area contributed by atoms with Crippen molar-refractivity contribution in [2.24, 2.45) is 0 Å². The number of anilines is 1. The third kappa shape index (κ3) is 4.29. The van der Waals surface area contributed by atoms with Gasteiger partial charge in [0.15, 0.2) is 11.2 Å². The fourth-order valence-corrected chi connectivity index (χ4v) is 4.31. The van der Waals surface area contributed by atoms with Crippen molar-refractivity contribution in [3.63, 3.8) is 0 Å². The second-order valence-electron chi connectivity index (χ2n) is 9.23. The molecule has 0 aromatic carbocycles. The highest BCUT2D eigenvalue weighted by Crippen LogP contribution is 2.46. The fourth-order valence-electron chi connectivity index (χ4n) is 4.31. The molecule has 4 heterocycles. The Kier molecular flexibility index (Phi) is 6.15. The number of aromatic nitrogens is 4. The Hall–Kier alpha value is -3.88. The molecule has 0 radical (unpaired) electrons. The minimum atomic E-state index is -3.13. The number of ether oxygens (including phenoxy) is 1. The van der Waals surface area contributed by atoms with E-state index in [1.165, 1.54) is 11.2 Å². The Labute approximate surface area is 205 Å². The summed E-state index contributed by atoms with van der Waals surface area (Å²) < 4.78 is 46.1. The number of carbonyl (C=O) groups is 1. The monoisotopic (exact) mass is 499 g/mol. The zero-order chi connectivity index (χ0) is 25.4. The van der Waals surface area contributed by atoms with Gasteiger partial charge in [-0.15, -0.1) is 0 Å². The number of fused-ring (bicyclic) bond motifs is 1. The second-order valence-corrected chi connectivity index (χ2v) is 9.23. The number of nitriles is 1. The number of halogens is 3. The van der Waals surface area contributed by atoms with Crippen LogP contribution in [-0.4, -0.2) is 75.4 Å². The smallest absolute Gasteiger partial charge is 0.410 e. The van der Waals surface area contributed by atoms with Crippen molar-refractivity contribution in [3.05, 3.63) is 42.0 Å². The van der Waals surface area contributed by atoms with Crippen LogP contribution in [0.2, 0.25) is 0 Å². The highest BCUT2D eigenvalue weighted by Gasteiger charge is 2.41. The Morgan fingerprint density at radius 1 is 1.25 bits per heavy atom. The molecule has 0 N–H and O–H groups in total. The molecule has 3 aromatic heterocycles. The van der Waals surface area contributed by atoms with Crippen LogP contribution in [0, 0.1) is 11.3 Å². The van der Waals surface area contributed by atoms with Crippen LogP contribution < -0.4 is 4.90 Å². The normalized spacial score (nSPS) is 17.8. The van der Waals surface area contributed by atoms with E-state index in [1.54, 1.807) is 18.3 Å². The number of pyridine rings is 1. The van der Waals surface area contributed by atoms with Gasteiger partial charge in [0, 0.05) is 38.6 Å². The quantitative estimate of drug-likeness (QED) is 0.508. The summed E-state index contributed by atoms with van der Waals surface area (Å²) in [6, 6.07) is 5.47. The van der Waals surface area contributed by atoms with Crippen LogP contribution in [0.25, 0.3) is 16.9 Å². The summed E-state index contributed by atoms with van der Waals surface area (Å²) in [5, 5.41) is 10.2. The van der Waals surface area contributed by atoms with E-state index in [2.05, 4.69) is 21.0 Å². The number of piperazine rings is 1. The molecular weight excluding hydrogens is 475 g/mol. The topological polar surface area (TPSA) is 100 Å². The number of carbonyl (C=O) groups excluding carboxylic acids is 1. The van der Waals surface area contributed by atoms with Gasteiger partial charge in [0.05, 0.1) is 17.0 Å². The van der Waals surface area contributed by atoms with Gasteiger partial charge in [-0.3, -0.25) is 4.57 Å². The highest BCUT2D eigenvalue weighted by atomic mass is 19.3. The van der Waals surface area contributed by atoms with Crippen LogP contribution in [0.3, 0.4) is 0 Å². The van der Waals surface area contributed by atoms with Gasteiger partial charge in [-0.1, -0.05) is 0 Å². The first-order valence-corrected chi connectivity index (χ1v) is 11.6. The molecule has 0 bridgehead atoms. The molecule has 1 amide bonds. The largest absolute Gasteiger partial charge is 0.434 e. The molecule has 0 spiro atoms. The van der Waals surface area contributed by atoms with Crippen LogP contribution in [0.1, 0.15) is 36.8 Å². The van der Waals surface area contributed by atoms with Crippen LogP contribution in [-0.2, 0) is 4.74 Å². The Morgan fingerprint density at radius 3 is 2.64 bits per heavy atom. The fraction of sp³-hybridized carbons (Fsp3) is 0.458. The first-order chi connectivity index (χ1) is 17.3. The molecule has 9 nitrogen and oxygen atoms in total. The van der Waals surface area contributed by atoms with E-state index < -0.39 is 24.8 Å². The first kappa shape index (κ1) is 23.8. The number of amides is 1. The van der Waals surface area contributed by atoms with Crippen LogP contribution in [0.4, 0.5) is 23.8 Å². The molecule has 2 aliphatic rings. The summed E-state index contributed by atoms with van der Waals surface area (Å²) in [5.74, 6) is 1.67. The van der Waals surface area contributed by atoms with Gasteiger partial charge in [0.1, 0.15) is 24.6 Å². The van der Waals surface area contributed by atoms with Gasteiger partial charge in [-0.25, -0.2) is 32.9 Å². The summed E-state index contributed by atoms with van der Waals surface area (Å²) in [4.78, 5) is 29.2. The molecule has 1 atom stereocenters. The molecular formula is C24H24F3N7O2. The third-order valence-electron chi connectivity index (χ3n) is 6.62. The standard InChI is InChI=1S/C24H24F3N7O2/c1-24(13-25,22(26)27)36-23(35)33-8-6-32(7-9-33)20-19-17(16-2-3-16)12-34(21(19)31-14-30-20)18-10-15(11-28)4-5-29-18/h4-5,10,12,14,16,22H,2-3,6-9,13H2,1H3. The minimum Gasteiger partial charge on any atom is -0.434 e. The van der Waals surface area contributed by atoms with Crippen molar-refractivity contribution in [1.82, 2.24) is 24.4 Å². The average molecular weight is 499 g/mol. The maximum atomic E-state index is 13.1. The Morgan fingerprint density at radius 2 is 2.00 bits per heavy atom. The average Bonchev–Trinajstić information content (AvgIpc) is 3.68. The van der Waals surface area contributed by atoms with Gasteiger partial charge < -0.3 is 14.5 Å². The van der Waals surface area contributed by atoms with Crippen LogP contribution >= 0.6 is 0 Å². The van der Waals surface area contributed by atoms with Crippen molar-refractivity contribution in [1.29, 1.82) is 5.26 Å². The molecule has 5 rings (SSSR count).